The van der Waals surface area contributed by atoms with Gasteiger partial charge in [0.15, 0.2) is 5.65 Å². The van der Waals surface area contributed by atoms with Crippen molar-refractivity contribution >= 4 is 40.5 Å². The standard InChI is InChI=1S/C27H34ClFN6O2.C2HF3O2/c1-16-15-33(12-10-23(16)34-11-4-5-20(34)7-9-25(36)37)24-14-30-26-17(2)32-35(27(26)31-24)18(3)21-8-6-19(28)13-22(21)29;3-2(4,5)1(6)7/h6,8,13-14,16,18,20,23H,4-5,7,9-12,15H2,1-3H3,(H,36,37);(H,6,7)/t16-,18-,20+,23+;/m1./s1. The molecule has 3 aromatic rings. The van der Waals surface area contributed by atoms with Crippen LogP contribution in [-0.4, -0.2) is 84.7 Å². The van der Waals surface area contributed by atoms with Gasteiger partial charge in [0.1, 0.15) is 17.2 Å². The molecule has 240 valence electrons. The Bertz CT molecular complexity index is 1500. The molecule has 0 aliphatic carbocycles. The molecule has 5 rings (SSSR count). The third-order valence-electron chi connectivity index (χ3n) is 8.30. The van der Waals surface area contributed by atoms with Crippen LogP contribution < -0.4 is 4.90 Å². The van der Waals surface area contributed by atoms with Gasteiger partial charge < -0.3 is 15.1 Å². The smallest absolute Gasteiger partial charge is 0.481 e. The van der Waals surface area contributed by atoms with Gasteiger partial charge in [0.2, 0.25) is 0 Å². The SMILES string of the molecule is Cc1nn([C@H](C)c2ccc(Cl)cc2F)c2nc(N3CC[C@H](N4CCC[C@H]4CCC(=O)O)[C@H](C)C3)cnc12.O=C(O)C(F)(F)F. The monoisotopic (exact) mass is 642 g/mol. The van der Waals surface area contributed by atoms with Crippen LogP contribution in [-0.2, 0) is 9.59 Å². The van der Waals surface area contributed by atoms with E-state index in [4.69, 9.17) is 36.6 Å². The third kappa shape index (κ3) is 7.57. The Morgan fingerprint density at radius 3 is 2.50 bits per heavy atom. The molecule has 0 unspecified atom stereocenters. The predicted molar refractivity (Wildman–Crippen MR) is 155 cm³/mol. The van der Waals surface area contributed by atoms with Crippen molar-refractivity contribution in [1.82, 2.24) is 24.6 Å². The number of aryl methyl sites for hydroxylation is 1. The fourth-order valence-corrected chi connectivity index (χ4v) is 6.32. The van der Waals surface area contributed by atoms with E-state index < -0.39 is 18.1 Å². The topological polar surface area (TPSA) is 125 Å². The molecule has 2 aromatic heterocycles. The van der Waals surface area contributed by atoms with Crippen LogP contribution >= 0.6 is 11.6 Å². The van der Waals surface area contributed by atoms with Crippen molar-refractivity contribution in [1.29, 1.82) is 0 Å². The van der Waals surface area contributed by atoms with Crippen molar-refractivity contribution in [2.45, 2.75) is 77.2 Å². The minimum Gasteiger partial charge on any atom is -0.481 e. The molecule has 0 saturated carbocycles. The van der Waals surface area contributed by atoms with Crippen molar-refractivity contribution in [2.24, 2.45) is 5.92 Å². The Balaban J connectivity index is 0.000000566. The lowest BCUT2D eigenvalue weighted by Gasteiger charge is -2.43. The van der Waals surface area contributed by atoms with Gasteiger partial charge in [0.25, 0.3) is 0 Å². The second-order valence-electron chi connectivity index (χ2n) is 11.3. The van der Waals surface area contributed by atoms with Crippen LogP contribution in [0.15, 0.2) is 24.4 Å². The molecule has 0 spiro atoms. The van der Waals surface area contributed by atoms with Gasteiger partial charge in [0, 0.05) is 42.2 Å². The molecule has 0 bridgehead atoms. The average Bonchev–Trinajstić information content (AvgIpc) is 3.55. The van der Waals surface area contributed by atoms with Gasteiger partial charge in [-0.2, -0.15) is 18.3 Å². The highest BCUT2D eigenvalue weighted by Crippen LogP contribution is 2.33. The zero-order valence-electron chi connectivity index (χ0n) is 24.6. The summed E-state index contributed by atoms with van der Waals surface area (Å²) in [6, 6.07) is 5.12. The number of halogens is 5. The van der Waals surface area contributed by atoms with Gasteiger partial charge in [-0.25, -0.2) is 23.8 Å². The molecule has 2 aliphatic rings. The van der Waals surface area contributed by atoms with Crippen LogP contribution in [0.3, 0.4) is 0 Å². The molecular formula is C29H35ClF4N6O4. The molecule has 44 heavy (non-hydrogen) atoms. The average molecular weight is 643 g/mol. The first-order valence-corrected chi connectivity index (χ1v) is 14.7. The van der Waals surface area contributed by atoms with Crippen LogP contribution in [0.25, 0.3) is 11.2 Å². The molecule has 0 radical (unpaired) electrons. The molecule has 4 atom stereocenters. The van der Waals surface area contributed by atoms with E-state index in [1.54, 1.807) is 16.8 Å². The van der Waals surface area contributed by atoms with E-state index in [1.807, 2.05) is 20.0 Å². The van der Waals surface area contributed by atoms with Crippen molar-refractivity contribution in [3.8, 4) is 0 Å². The highest BCUT2D eigenvalue weighted by atomic mass is 35.5. The number of hydrogen-bond acceptors (Lipinski definition) is 7. The fourth-order valence-electron chi connectivity index (χ4n) is 6.16. The molecule has 2 N–H and O–H groups in total. The zero-order valence-corrected chi connectivity index (χ0v) is 25.3. The number of hydrogen-bond donors (Lipinski definition) is 2. The summed E-state index contributed by atoms with van der Waals surface area (Å²) in [7, 11) is 0. The van der Waals surface area contributed by atoms with Crippen LogP contribution in [0.1, 0.15) is 63.3 Å². The normalized spacial score (nSPS) is 21.6. The molecule has 2 fully saturated rings. The minimum atomic E-state index is -5.08. The number of benzene rings is 1. The number of piperidine rings is 1. The Morgan fingerprint density at radius 2 is 1.89 bits per heavy atom. The summed E-state index contributed by atoms with van der Waals surface area (Å²) in [5.41, 5.74) is 2.61. The fraction of sp³-hybridized carbons (Fsp3) is 0.552. The number of carbonyl (C=O) groups is 2. The molecule has 4 heterocycles. The molecule has 10 nitrogen and oxygen atoms in total. The third-order valence-corrected chi connectivity index (χ3v) is 8.54. The van der Waals surface area contributed by atoms with Crippen molar-refractivity contribution in [3.05, 3.63) is 46.5 Å². The zero-order chi connectivity index (χ0) is 32.3. The number of likely N-dealkylation sites (tertiary alicyclic amines) is 1. The Labute approximate surface area is 256 Å². The Morgan fingerprint density at radius 1 is 1.18 bits per heavy atom. The highest BCUT2D eigenvalue weighted by Gasteiger charge is 2.38. The second-order valence-corrected chi connectivity index (χ2v) is 11.8. The molecule has 0 amide bonds. The number of carboxylic acids is 2. The first kappa shape index (κ1) is 33.4. The van der Waals surface area contributed by atoms with E-state index in [0.717, 1.165) is 56.8 Å². The van der Waals surface area contributed by atoms with Crippen LogP contribution in [0.2, 0.25) is 5.02 Å². The summed E-state index contributed by atoms with van der Waals surface area (Å²) >= 11 is 5.96. The quantitative estimate of drug-likeness (QED) is 0.312. The largest absolute Gasteiger partial charge is 0.490 e. The van der Waals surface area contributed by atoms with E-state index in [0.29, 0.717) is 39.8 Å². The van der Waals surface area contributed by atoms with Gasteiger partial charge >= 0.3 is 18.1 Å². The summed E-state index contributed by atoms with van der Waals surface area (Å²) in [5, 5.41) is 21.3. The maximum absolute atomic E-state index is 14.7. The van der Waals surface area contributed by atoms with Gasteiger partial charge in [-0.05, 0) is 64.1 Å². The van der Waals surface area contributed by atoms with E-state index >= 15 is 0 Å². The van der Waals surface area contributed by atoms with Gasteiger partial charge in [-0.3, -0.25) is 9.69 Å². The maximum atomic E-state index is 14.7. The van der Waals surface area contributed by atoms with Crippen molar-refractivity contribution < 1.29 is 37.4 Å². The molecular weight excluding hydrogens is 608 g/mol. The number of fused-ring (bicyclic) bond motifs is 1. The lowest BCUT2D eigenvalue weighted by molar-refractivity contribution is -0.192. The molecule has 1 aromatic carbocycles. The number of alkyl halides is 3. The van der Waals surface area contributed by atoms with Gasteiger partial charge in [-0.15, -0.1) is 0 Å². The van der Waals surface area contributed by atoms with Crippen LogP contribution in [0.5, 0.6) is 0 Å². The first-order valence-electron chi connectivity index (χ1n) is 14.4. The number of anilines is 1. The van der Waals surface area contributed by atoms with Crippen molar-refractivity contribution in [3.63, 3.8) is 0 Å². The van der Waals surface area contributed by atoms with Crippen molar-refractivity contribution in [2.75, 3.05) is 24.5 Å². The number of aromatic nitrogens is 4. The summed E-state index contributed by atoms with van der Waals surface area (Å²) in [4.78, 5) is 34.5. The maximum Gasteiger partial charge on any atom is 0.490 e. The number of aliphatic carboxylic acids is 2. The lowest BCUT2D eigenvalue weighted by atomic mass is 9.91. The predicted octanol–water partition coefficient (Wildman–Crippen LogP) is 5.71. The molecule has 15 heteroatoms. The van der Waals surface area contributed by atoms with Crippen LogP contribution in [0.4, 0.5) is 23.4 Å². The summed E-state index contributed by atoms with van der Waals surface area (Å²) < 4.78 is 48.2. The summed E-state index contributed by atoms with van der Waals surface area (Å²) in [5.74, 6) is -2.64. The lowest BCUT2D eigenvalue weighted by Crippen LogP contribution is -2.52. The highest BCUT2D eigenvalue weighted by molar-refractivity contribution is 6.30. The van der Waals surface area contributed by atoms with E-state index in [9.17, 15) is 22.4 Å². The number of carboxylic acid groups (broad SMARTS) is 2. The first-order chi connectivity index (χ1) is 20.7. The van der Waals surface area contributed by atoms with E-state index in [1.165, 1.54) is 6.07 Å². The molecule has 2 saturated heterocycles. The second kappa shape index (κ2) is 13.6. The minimum absolute atomic E-state index is 0.232. The Hall–Kier alpha value is -3.52. The summed E-state index contributed by atoms with van der Waals surface area (Å²) in [6.45, 7) is 8.81. The van der Waals surface area contributed by atoms with Gasteiger partial charge in [-0.1, -0.05) is 24.6 Å². The van der Waals surface area contributed by atoms with E-state index in [-0.39, 0.29) is 18.3 Å². The van der Waals surface area contributed by atoms with Crippen LogP contribution in [0, 0.1) is 18.7 Å². The Kier molecular flexibility index (Phi) is 10.3. The van der Waals surface area contributed by atoms with E-state index in [2.05, 4.69) is 21.8 Å². The number of rotatable bonds is 7. The number of nitrogens with zero attached hydrogens (tertiary/aromatic N) is 6. The van der Waals surface area contributed by atoms with Gasteiger partial charge in [0.05, 0.1) is 17.9 Å². The molecule has 2 aliphatic heterocycles. The summed E-state index contributed by atoms with van der Waals surface area (Å²) in [6.07, 6.45) is 0.894.